The molecule has 0 aromatic heterocycles. The first-order chi connectivity index (χ1) is 11.0. The highest BCUT2D eigenvalue weighted by atomic mass is 32.2. The van der Waals surface area contributed by atoms with E-state index in [1.165, 1.54) is 6.07 Å². The maximum Gasteiger partial charge on any atom is 0.292 e. The Morgan fingerprint density at radius 1 is 1.04 bits per heavy atom. The van der Waals surface area contributed by atoms with Crippen LogP contribution in [0.5, 0.6) is 0 Å². The highest BCUT2D eigenvalue weighted by Crippen LogP contribution is 2.29. The van der Waals surface area contributed by atoms with Crippen LogP contribution in [0.4, 0.5) is 11.4 Å². The first-order valence-corrected chi connectivity index (χ1v) is 9.71. The van der Waals surface area contributed by atoms with E-state index in [2.05, 4.69) is 4.90 Å². The smallest absolute Gasteiger partial charge is 0.292 e. The molecule has 2 saturated heterocycles. The molecule has 0 radical (unpaired) electrons. The van der Waals surface area contributed by atoms with Crippen molar-refractivity contribution in [3.63, 3.8) is 0 Å². The molecular formula is C15H21N3O4S. The van der Waals surface area contributed by atoms with E-state index in [-0.39, 0.29) is 22.1 Å². The standard InChI is InChI=1S/C15H21N3O4S/c19-18(20)15-4-2-1-3-14(15)17-9-7-16(8-10-17)13-5-11-23(21,22)12-6-13/h1-4,13H,5-12H2. The molecule has 3 rings (SSSR count). The van der Waals surface area contributed by atoms with Crippen LogP contribution in [0.15, 0.2) is 24.3 Å². The number of anilines is 1. The molecule has 0 atom stereocenters. The molecule has 126 valence electrons. The average Bonchev–Trinajstić information content (AvgIpc) is 2.55. The minimum Gasteiger partial charge on any atom is -0.363 e. The first-order valence-electron chi connectivity index (χ1n) is 7.89. The molecular weight excluding hydrogens is 318 g/mol. The number of sulfone groups is 1. The van der Waals surface area contributed by atoms with Gasteiger partial charge in [0.1, 0.15) is 15.5 Å². The van der Waals surface area contributed by atoms with Crippen LogP contribution in [-0.4, -0.2) is 62.0 Å². The van der Waals surface area contributed by atoms with Crippen molar-refractivity contribution in [2.24, 2.45) is 0 Å². The molecule has 0 amide bonds. The summed E-state index contributed by atoms with van der Waals surface area (Å²) in [5.74, 6) is 0.560. The van der Waals surface area contributed by atoms with Gasteiger partial charge in [0.15, 0.2) is 0 Å². The molecule has 7 nitrogen and oxygen atoms in total. The van der Waals surface area contributed by atoms with Crippen molar-refractivity contribution in [2.45, 2.75) is 18.9 Å². The van der Waals surface area contributed by atoms with Crippen LogP contribution in [-0.2, 0) is 9.84 Å². The molecule has 2 aliphatic rings. The predicted octanol–water partition coefficient (Wildman–Crippen LogP) is 1.29. The maximum absolute atomic E-state index is 11.5. The second-order valence-electron chi connectivity index (χ2n) is 6.15. The number of para-hydroxylation sites is 2. The molecule has 2 aliphatic heterocycles. The third-order valence-corrected chi connectivity index (χ3v) is 6.49. The van der Waals surface area contributed by atoms with E-state index >= 15 is 0 Å². The van der Waals surface area contributed by atoms with Gasteiger partial charge in [0.2, 0.25) is 0 Å². The fraction of sp³-hybridized carbons (Fsp3) is 0.600. The number of hydrogen-bond donors (Lipinski definition) is 0. The quantitative estimate of drug-likeness (QED) is 0.609. The van der Waals surface area contributed by atoms with Crippen molar-refractivity contribution in [2.75, 3.05) is 42.6 Å². The molecule has 1 aromatic rings. The van der Waals surface area contributed by atoms with Gasteiger partial charge in [-0.25, -0.2) is 8.42 Å². The molecule has 0 spiro atoms. The van der Waals surface area contributed by atoms with E-state index < -0.39 is 9.84 Å². The molecule has 0 N–H and O–H groups in total. The van der Waals surface area contributed by atoms with Gasteiger partial charge >= 0.3 is 0 Å². The Labute approximate surface area is 136 Å². The molecule has 0 bridgehead atoms. The highest BCUT2D eigenvalue weighted by Gasteiger charge is 2.31. The Balaban J connectivity index is 1.62. The normalized spacial score (nSPS) is 22.9. The molecule has 23 heavy (non-hydrogen) atoms. The lowest BCUT2D eigenvalue weighted by Crippen LogP contribution is -2.52. The van der Waals surface area contributed by atoms with Crippen LogP contribution >= 0.6 is 0 Å². The van der Waals surface area contributed by atoms with Gasteiger partial charge < -0.3 is 4.90 Å². The summed E-state index contributed by atoms with van der Waals surface area (Å²) < 4.78 is 23.1. The molecule has 0 aliphatic carbocycles. The summed E-state index contributed by atoms with van der Waals surface area (Å²) in [6.45, 7) is 3.09. The first kappa shape index (κ1) is 16.2. The zero-order valence-electron chi connectivity index (χ0n) is 12.9. The molecule has 2 heterocycles. The largest absolute Gasteiger partial charge is 0.363 e. The van der Waals surface area contributed by atoms with E-state index in [0.29, 0.717) is 24.6 Å². The monoisotopic (exact) mass is 339 g/mol. The van der Waals surface area contributed by atoms with Crippen LogP contribution in [0.2, 0.25) is 0 Å². The van der Waals surface area contributed by atoms with Crippen molar-refractivity contribution in [1.29, 1.82) is 0 Å². The van der Waals surface area contributed by atoms with Crippen molar-refractivity contribution in [3.8, 4) is 0 Å². The second kappa shape index (κ2) is 6.45. The summed E-state index contributed by atoms with van der Waals surface area (Å²) >= 11 is 0. The number of nitrogens with zero attached hydrogens (tertiary/aromatic N) is 3. The van der Waals surface area contributed by atoms with Gasteiger partial charge in [-0.05, 0) is 18.9 Å². The number of rotatable bonds is 3. The van der Waals surface area contributed by atoms with Gasteiger partial charge in [-0.2, -0.15) is 0 Å². The van der Waals surface area contributed by atoms with Crippen LogP contribution < -0.4 is 4.90 Å². The summed E-state index contributed by atoms with van der Waals surface area (Å²) in [4.78, 5) is 15.2. The number of benzene rings is 1. The lowest BCUT2D eigenvalue weighted by molar-refractivity contribution is -0.384. The summed E-state index contributed by atoms with van der Waals surface area (Å²) in [6.07, 6.45) is 1.40. The van der Waals surface area contributed by atoms with E-state index in [9.17, 15) is 18.5 Å². The van der Waals surface area contributed by atoms with Gasteiger partial charge in [0.25, 0.3) is 5.69 Å². The molecule has 0 saturated carbocycles. The molecule has 1 aromatic carbocycles. The van der Waals surface area contributed by atoms with Crippen molar-refractivity contribution < 1.29 is 13.3 Å². The van der Waals surface area contributed by atoms with E-state index in [1.807, 2.05) is 11.0 Å². The average molecular weight is 339 g/mol. The minimum atomic E-state index is -2.84. The summed E-state index contributed by atoms with van der Waals surface area (Å²) in [7, 11) is -2.84. The lowest BCUT2D eigenvalue weighted by Gasteiger charge is -2.41. The van der Waals surface area contributed by atoms with E-state index in [4.69, 9.17) is 0 Å². The number of hydrogen-bond acceptors (Lipinski definition) is 6. The third kappa shape index (κ3) is 3.64. The summed E-state index contributed by atoms with van der Waals surface area (Å²) in [5, 5.41) is 11.1. The van der Waals surface area contributed by atoms with Gasteiger partial charge in [-0.1, -0.05) is 12.1 Å². The Bertz CT molecular complexity index is 670. The third-order valence-electron chi connectivity index (χ3n) is 4.77. The van der Waals surface area contributed by atoms with Crippen LogP contribution in [0.25, 0.3) is 0 Å². The van der Waals surface area contributed by atoms with Crippen molar-refractivity contribution in [1.82, 2.24) is 4.90 Å². The maximum atomic E-state index is 11.5. The number of nitro benzene ring substituents is 1. The second-order valence-corrected chi connectivity index (χ2v) is 8.46. The molecule has 2 fully saturated rings. The van der Waals surface area contributed by atoms with Gasteiger partial charge in [0, 0.05) is 38.3 Å². The summed E-state index contributed by atoms with van der Waals surface area (Å²) in [6, 6.07) is 7.15. The highest BCUT2D eigenvalue weighted by molar-refractivity contribution is 7.91. The van der Waals surface area contributed by atoms with Crippen molar-refractivity contribution in [3.05, 3.63) is 34.4 Å². The number of nitro groups is 1. The number of piperazine rings is 1. The van der Waals surface area contributed by atoms with Crippen LogP contribution in [0, 0.1) is 10.1 Å². The SMILES string of the molecule is O=[N+]([O-])c1ccccc1N1CCN(C2CCS(=O)(=O)CC2)CC1. The Morgan fingerprint density at radius 2 is 1.65 bits per heavy atom. The Hall–Kier alpha value is -1.67. The van der Waals surface area contributed by atoms with Crippen molar-refractivity contribution >= 4 is 21.2 Å². The van der Waals surface area contributed by atoms with Gasteiger partial charge in [0.05, 0.1) is 16.4 Å². The molecule has 0 unspecified atom stereocenters. The van der Waals surface area contributed by atoms with E-state index in [0.717, 1.165) is 26.2 Å². The molecule has 8 heteroatoms. The zero-order chi connectivity index (χ0) is 16.4. The Kier molecular flexibility index (Phi) is 4.54. The van der Waals surface area contributed by atoms with Gasteiger partial charge in [-0.15, -0.1) is 0 Å². The Morgan fingerprint density at radius 3 is 2.26 bits per heavy atom. The predicted molar refractivity (Wildman–Crippen MR) is 88.6 cm³/mol. The van der Waals surface area contributed by atoms with Crippen LogP contribution in [0.1, 0.15) is 12.8 Å². The zero-order valence-corrected chi connectivity index (χ0v) is 13.7. The fourth-order valence-electron chi connectivity index (χ4n) is 3.46. The fourth-order valence-corrected chi connectivity index (χ4v) is 4.92. The van der Waals surface area contributed by atoms with Crippen LogP contribution in [0.3, 0.4) is 0 Å². The lowest BCUT2D eigenvalue weighted by atomic mass is 10.1. The minimum absolute atomic E-state index is 0.143. The van der Waals surface area contributed by atoms with E-state index in [1.54, 1.807) is 12.1 Å². The van der Waals surface area contributed by atoms with Gasteiger partial charge in [-0.3, -0.25) is 15.0 Å². The topological polar surface area (TPSA) is 83.8 Å². The summed E-state index contributed by atoms with van der Waals surface area (Å²) in [5.41, 5.74) is 0.813.